The van der Waals surface area contributed by atoms with Gasteiger partial charge in [-0.25, -0.2) is 13.9 Å². The van der Waals surface area contributed by atoms with Gasteiger partial charge in [-0.2, -0.15) is 0 Å². The molecule has 1 fully saturated rings. The molecule has 7 heteroatoms. The summed E-state index contributed by atoms with van der Waals surface area (Å²) in [6, 6.07) is 9.37. The Morgan fingerprint density at radius 1 is 1.19 bits per heavy atom. The van der Waals surface area contributed by atoms with E-state index in [0.29, 0.717) is 18.7 Å². The molecule has 0 spiro atoms. The quantitative estimate of drug-likeness (QED) is 0.783. The van der Waals surface area contributed by atoms with Crippen molar-refractivity contribution in [2.45, 2.75) is 25.2 Å². The minimum atomic E-state index is -0.301. The van der Waals surface area contributed by atoms with Crippen molar-refractivity contribution in [2.24, 2.45) is 0 Å². The lowest BCUT2D eigenvalue weighted by Crippen LogP contribution is -2.39. The summed E-state index contributed by atoms with van der Waals surface area (Å²) < 4.78 is 14.4. The number of fused-ring (bicyclic) bond motifs is 1. The summed E-state index contributed by atoms with van der Waals surface area (Å²) in [6.45, 7) is 1.28. The number of carbonyl (C=O) groups is 1. The van der Waals surface area contributed by atoms with Gasteiger partial charge in [0.25, 0.3) is 5.56 Å². The van der Waals surface area contributed by atoms with E-state index in [0.717, 1.165) is 24.1 Å². The van der Waals surface area contributed by atoms with E-state index in [9.17, 15) is 14.0 Å². The van der Waals surface area contributed by atoms with Crippen LogP contribution in [0.25, 0.3) is 5.65 Å². The molecule has 0 aliphatic carbocycles. The van der Waals surface area contributed by atoms with E-state index in [1.54, 1.807) is 30.5 Å². The molecular formula is C19H19FN4O2. The number of nitrogens with zero attached hydrogens (tertiary/aromatic N) is 3. The topological polar surface area (TPSA) is 70.5 Å². The normalized spacial score (nSPS) is 15.5. The van der Waals surface area contributed by atoms with E-state index in [2.05, 4.69) is 10.1 Å². The third-order valence-corrected chi connectivity index (χ3v) is 4.94. The highest BCUT2D eigenvalue weighted by Gasteiger charge is 2.25. The first kappa shape index (κ1) is 16.5. The summed E-state index contributed by atoms with van der Waals surface area (Å²) in [5, 5.41) is 2.83. The average Bonchev–Trinajstić information content (AvgIpc) is 3.13. The molecule has 0 radical (unpaired) electrons. The third kappa shape index (κ3) is 3.24. The number of likely N-dealkylation sites (tertiary alicyclic amines) is 1. The molecule has 4 rings (SSSR count). The fourth-order valence-electron chi connectivity index (χ4n) is 3.47. The SMILES string of the molecule is O=C(Cc1ccc(F)cc1)N1CCC(c2cc(=O)n3[nH]ccc3n2)CC1. The van der Waals surface area contributed by atoms with Crippen LogP contribution in [0.4, 0.5) is 4.39 Å². The molecule has 1 aromatic carbocycles. The zero-order valence-electron chi connectivity index (χ0n) is 14.2. The van der Waals surface area contributed by atoms with Gasteiger partial charge in [0.1, 0.15) is 5.82 Å². The van der Waals surface area contributed by atoms with Crippen LogP contribution in [0, 0.1) is 5.82 Å². The number of benzene rings is 1. The number of rotatable bonds is 3. The Kier molecular flexibility index (Phi) is 4.28. The molecule has 0 atom stereocenters. The van der Waals surface area contributed by atoms with Crippen molar-refractivity contribution in [2.75, 3.05) is 13.1 Å². The Bertz CT molecular complexity index is 985. The fraction of sp³-hybridized carbons (Fsp3) is 0.316. The monoisotopic (exact) mass is 354 g/mol. The Labute approximate surface area is 149 Å². The van der Waals surface area contributed by atoms with Crippen molar-refractivity contribution < 1.29 is 9.18 Å². The van der Waals surface area contributed by atoms with E-state index < -0.39 is 0 Å². The molecule has 0 unspecified atom stereocenters. The molecule has 26 heavy (non-hydrogen) atoms. The number of hydrogen-bond donors (Lipinski definition) is 1. The standard InChI is InChI=1S/C19H19FN4O2/c20-15-3-1-13(2-4-15)11-18(25)23-9-6-14(7-10-23)16-12-19(26)24-17(22-16)5-8-21-24/h1-5,8,12,14,21H,6-7,9-11H2. The lowest BCUT2D eigenvalue weighted by atomic mass is 9.93. The number of aromatic amines is 1. The molecule has 134 valence electrons. The Balaban J connectivity index is 1.40. The summed E-state index contributed by atoms with van der Waals surface area (Å²) >= 11 is 0. The van der Waals surface area contributed by atoms with Gasteiger partial charge in [0.2, 0.25) is 5.91 Å². The van der Waals surface area contributed by atoms with Crippen LogP contribution in [0.15, 0.2) is 47.4 Å². The van der Waals surface area contributed by atoms with Crippen LogP contribution in [0.5, 0.6) is 0 Å². The van der Waals surface area contributed by atoms with Gasteiger partial charge >= 0.3 is 0 Å². The largest absolute Gasteiger partial charge is 0.342 e. The summed E-state index contributed by atoms with van der Waals surface area (Å²) in [4.78, 5) is 30.9. The molecule has 6 nitrogen and oxygen atoms in total. The van der Waals surface area contributed by atoms with Gasteiger partial charge in [-0.1, -0.05) is 12.1 Å². The van der Waals surface area contributed by atoms with E-state index in [1.807, 2.05) is 4.90 Å². The Hall–Kier alpha value is -2.96. The van der Waals surface area contributed by atoms with Gasteiger partial charge in [0.15, 0.2) is 5.65 Å². The molecule has 1 N–H and O–H groups in total. The molecule has 3 aromatic rings. The first-order valence-corrected chi connectivity index (χ1v) is 8.69. The van der Waals surface area contributed by atoms with Crippen LogP contribution in [-0.4, -0.2) is 38.5 Å². The van der Waals surface area contributed by atoms with Gasteiger partial charge in [0, 0.05) is 37.3 Å². The second kappa shape index (κ2) is 6.74. The van der Waals surface area contributed by atoms with Crippen LogP contribution in [-0.2, 0) is 11.2 Å². The van der Waals surface area contributed by atoms with E-state index in [-0.39, 0.29) is 29.6 Å². The maximum absolute atomic E-state index is 13.0. The summed E-state index contributed by atoms with van der Waals surface area (Å²) in [7, 11) is 0. The first-order chi connectivity index (χ1) is 12.6. The van der Waals surface area contributed by atoms with Crippen LogP contribution < -0.4 is 5.56 Å². The lowest BCUT2D eigenvalue weighted by Gasteiger charge is -2.31. The highest BCUT2D eigenvalue weighted by atomic mass is 19.1. The second-order valence-electron chi connectivity index (χ2n) is 6.63. The summed E-state index contributed by atoms with van der Waals surface area (Å²) in [5.74, 6) is -0.0774. The van der Waals surface area contributed by atoms with Crippen molar-refractivity contribution in [1.29, 1.82) is 0 Å². The summed E-state index contributed by atoms with van der Waals surface area (Å²) in [6.07, 6.45) is 3.52. The minimum absolute atomic E-state index is 0.0455. The van der Waals surface area contributed by atoms with Crippen molar-refractivity contribution >= 4 is 11.6 Å². The van der Waals surface area contributed by atoms with Crippen molar-refractivity contribution in [1.82, 2.24) is 19.5 Å². The van der Waals surface area contributed by atoms with Gasteiger partial charge in [0.05, 0.1) is 12.1 Å². The number of aromatic nitrogens is 3. The number of nitrogens with one attached hydrogen (secondary N) is 1. The minimum Gasteiger partial charge on any atom is -0.342 e. The van der Waals surface area contributed by atoms with Crippen LogP contribution in [0.3, 0.4) is 0 Å². The number of H-pyrrole nitrogens is 1. The average molecular weight is 354 g/mol. The zero-order valence-corrected chi connectivity index (χ0v) is 14.2. The van der Waals surface area contributed by atoms with E-state index >= 15 is 0 Å². The molecule has 0 bridgehead atoms. The van der Waals surface area contributed by atoms with Crippen molar-refractivity contribution in [3.8, 4) is 0 Å². The van der Waals surface area contributed by atoms with E-state index in [1.165, 1.54) is 16.6 Å². The number of hydrogen-bond acceptors (Lipinski definition) is 3. The highest BCUT2D eigenvalue weighted by molar-refractivity contribution is 5.78. The number of piperidine rings is 1. The van der Waals surface area contributed by atoms with Gasteiger partial charge in [-0.3, -0.25) is 14.7 Å². The molecule has 0 saturated carbocycles. The van der Waals surface area contributed by atoms with E-state index in [4.69, 9.17) is 0 Å². The molecular weight excluding hydrogens is 335 g/mol. The predicted octanol–water partition coefficient (Wildman–Crippen LogP) is 2.11. The Morgan fingerprint density at radius 3 is 2.65 bits per heavy atom. The predicted molar refractivity (Wildman–Crippen MR) is 94.5 cm³/mol. The molecule has 1 saturated heterocycles. The van der Waals surface area contributed by atoms with Crippen LogP contribution >= 0.6 is 0 Å². The number of halogens is 1. The number of amides is 1. The van der Waals surface area contributed by atoms with Crippen LogP contribution in [0.2, 0.25) is 0 Å². The zero-order chi connectivity index (χ0) is 18.1. The van der Waals surface area contributed by atoms with Gasteiger partial charge in [-0.15, -0.1) is 0 Å². The molecule has 1 aliphatic heterocycles. The third-order valence-electron chi connectivity index (χ3n) is 4.94. The maximum Gasteiger partial charge on any atom is 0.272 e. The molecule has 3 heterocycles. The number of carbonyl (C=O) groups excluding carboxylic acids is 1. The Morgan fingerprint density at radius 2 is 1.92 bits per heavy atom. The molecule has 1 aliphatic rings. The van der Waals surface area contributed by atoms with Crippen molar-refractivity contribution in [3.63, 3.8) is 0 Å². The van der Waals surface area contributed by atoms with Crippen LogP contribution in [0.1, 0.15) is 30.0 Å². The maximum atomic E-state index is 13.0. The smallest absolute Gasteiger partial charge is 0.272 e. The highest BCUT2D eigenvalue weighted by Crippen LogP contribution is 2.26. The molecule has 2 aromatic heterocycles. The molecule has 1 amide bonds. The first-order valence-electron chi connectivity index (χ1n) is 8.69. The summed E-state index contributed by atoms with van der Waals surface area (Å²) in [5.41, 5.74) is 2.10. The lowest BCUT2D eigenvalue weighted by molar-refractivity contribution is -0.131. The second-order valence-corrected chi connectivity index (χ2v) is 6.63. The fourth-order valence-corrected chi connectivity index (χ4v) is 3.47. The van der Waals surface area contributed by atoms with Gasteiger partial charge in [-0.05, 0) is 30.5 Å². The van der Waals surface area contributed by atoms with Gasteiger partial charge < -0.3 is 4.90 Å². The van der Waals surface area contributed by atoms with Crippen molar-refractivity contribution in [3.05, 3.63) is 70.0 Å².